The van der Waals surface area contributed by atoms with Gasteiger partial charge in [-0.3, -0.25) is 4.79 Å². The molecule has 1 aromatic heterocycles. The topological polar surface area (TPSA) is 68.5 Å². The highest BCUT2D eigenvalue weighted by molar-refractivity contribution is 5.87. The number of amides is 1. The highest BCUT2D eigenvalue weighted by atomic mass is 16.5. The van der Waals surface area contributed by atoms with Gasteiger partial charge in [-0.15, -0.1) is 0 Å². The summed E-state index contributed by atoms with van der Waals surface area (Å²) >= 11 is 0. The number of carbonyl (C=O) groups excluding carboxylic acids is 1. The third kappa shape index (κ3) is 4.21. The van der Waals surface area contributed by atoms with Gasteiger partial charge in [0.25, 0.3) is 0 Å². The third-order valence-electron chi connectivity index (χ3n) is 2.81. The first-order chi connectivity index (χ1) is 10.1. The zero-order valence-corrected chi connectivity index (χ0v) is 12.0. The van der Waals surface area contributed by atoms with Crippen molar-refractivity contribution in [2.75, 3.05) is 6.54 Å². The molecule has 0 bridgehead atoms. The lowest BCUT2D eigenvalue weighted by Gasteiger charge is -2.15. The summed E-state index contributed by atoms with van der Waals surface area (Å²) in [5.41, 5.74) is 0.0801. The summed E-state index contributed by atoms with van der Waals surface area (Å²) in [5, 5.41) is 3.56. The van der Waals surface area contributed by atoms with Gasteiger partial charge in [-0.2, -0.15) is 0 Å². The van der Waals surface area contributed by atoms with Crippen LogP contribution in [0.5, 0.6) is 5.75 Å². The van der Waals surface area contributed by atoms with Crippen LogP contribution in [0.15, 0.2) is 51.7 Å². The molecule has 0 radical (unpaired) electrons. The van der Waals surface area contributed by atoms with Crippen molar-refractivity contribution >= 4 is 16.9 Å². The summed E-state index contributed by atoms with van der Waals surface area (Å²) in [6.45, 7) is 4.02. The van der Waals surface area contributed by atoms with Crippen LogP contribution in [0.4, 0.5) is 0 Å². The Bertz CT molecular complexity index is 718. The summed E-state index contributed by atoms with van der Waals surface area (Å²) in [6, 6.07) is 8.36. The van der Waals surface area contributed by atoms with E-state index in [1.54, 1.807) is 31.2 Å². The highest BCUT2D eigenvalue weighted by Gasteiger charge is 2.07. The van der Waals surface area contributed by atoms with Crippen molar-refractivity contribution in [2.45, 2.75) is 20.0 Å². The predicted octanol–water partition coefficient (Wildman–Crippen LogP) is 2.25. The van der Waals surface area contributed by atoms with Crippen molar-refractivity contribution in [3.63, 3.8) is 0 Å². The average Bonchev–Trinajstić information content (AvgIpc) is 2.45. The number of hydrogen-bond donors (Lipinski definition) is 1. The SMILES string of the molecule is CC=CC(=O)NCC(C)Oc1ccc2ccc(=O)oc2c1. The van der Waals surface area contributed by atoms with E-state index in [9.17, 15) is 9.59 Å². The fraction of sp³-hybridized carbons (Fsp3) is 0.250. The van der Waals surface area contributed by atoms with Crippen molar-refractivity contribution in [1.82, 2.24) is 5.32 Å². The van der Waals surface area contributed by atoms with Gasteiger partial charge in [-0.1, -0.05) is 6.08 Å². The molecule has 2 aromatic rings. The van der Waals surface area contributed by atoms with Crippen LogP contribution in [0, 0.1) is 0 Å². The van der Waals surface area contributed by atoms with Crippen LogP contribution in [0.1, 0.15) is 13.8 Å². The summed E-state index contributed by atoms with van der Waals surface area (Å²) in [6.07, 6.45) is 2.93. The van der Waals surface area contributed by atoms with Crippen LogP contribution < -0.4 is 15.7 Å². The number of fused-ring (bicyclic) bond motifs is 1. The Labute approximate surface area is 122 Å². The molecule has 0 fully saturated rings. The van der Waals surface area contributed by atoms with Gasteiger partial charge in [0.15, 0.2) is 0 Å². The van der Waals surface area contributed by atoms with Gasteiger partial charge in [0, 0.05) is 17.5 Å². The van der Waals surface area contributed by atoms with Crippen LogP contribution in [-0.2, 0) is 4.79 Å². The molecule has 0 aliphatic heterocycles. The Hall–Kier alpha value is -2.56. The van der Waals surface area contributed by atoms with Crippen molar-refractivity contribution in [3.05, 3.63) is 52.9 Å². The second kappa shape index (κ2) is 6.74. The molecule has 5 heteroatoms. The molecule has 1 unspecified atom stereocenters. The largest absolute Gasteiger partial charge is 0.489 e. The Balaban J connectivity index is 2.02. The third-order valence-corrected chi connectivity index (χ3v) is 2.81. The summed E-state index contributed by atoms with van der Waals surface area (Å²) in [7, 11) is 0. The number of rotatable bonds is 5. The van der Waals surface area contributed by atoms with Crippen LogP contribution in [0.25, 0.3) is 11.0 Å². The minimum absolute atomic E-state index is 0.155. The molecule has 0 saturated carbocycles. The van der Waals surface area contributed by atoms with Crippen molar-refractivity contribution in [2.24, 2.45) is 0 Å². The number of allylic oxidation sites excluding steroid dienone is 1. The lowest BCUT2D eigenvalue weighted by molar-refractivity contribution is -0.116. The van der Waals surface area contributed by atoms with E-state index in [0.29, 0.717) is 17.9 Å². The van der Waals surface area contributed by atoms with E-state index in [0.717, 1.165) is 5.39 Å². The van der Waals surface area contributed by atoms with E-state index in [1.807, 2.05) is 13.0 Å². The first kappa shape index (κ1) is 14.8. The number of hydrogen-bond acceptors (Lipinski definition) is 4. The second-order valence-electron chi connectivity index (χ2n) is 4.63. The molecule has 1 atom stereocenters. The summed E-state index contributed by atoms with van der Waals surface area (Å²) in [4.78, 5) is 22.5. The van der Waals surface area contributed by atoms with Gasteiger partial charge in [0.2, 0.25) is 5.91 Å². The van der Waals surface area contributed by atoms with E-state index < -0.39 is 5.63 Å². The molecule has 1 aromatic carbocycles. The smallest absolute Gasteiger partial charge is 0.336 e. The summed E-state index contributed by atoms with van der Waals surface area (Å²) in [5.74, 6) is 0.432. The molecule has 21 heavy (non-hydrogen) atoms. The minimum atomic E-state index is -0.397. The average molecular weight is 287 g/mol. The van der Waals surface area contributed by atoms with Crippen molar-refractivity contribution in [3.8, 4) is 5.75 Å². The zero-order chi connectivity index (χ0) is 15.2. The molecular weight excluding hydrogens is 270 g/mol. The van der Waals surface area contributed by atoms with Crippen molar-refractivity contribution < 1.29 is 13.9 Å². The van der Waals surface area contributed by atoms with Gasteiger partial charge >= 0.3 is 5.63 Å². The maximum Gasteiger partial charge on any atom is 0.336 e. The lowest BCUT2D eigenvalue weighted by Crippen LogP contribution is -2.32. The van der Waals surface area contributed by atoms with Crippen LogP contribution in [0.3, 0.4) is 0 Å². The summed E-state index contributed by atoms with van der Waals surface area (Å²) < 4.78 is 10.8. The van der Waals surface area contributed by atoms with Crippen molar-refractivity contribution in [1.29, 1.82) is 0 Å². The van der Waals surface area contributed by atoms with Gasteiger partial charge in [-0.05, 0) is 38.1 Å². The van der Waals surface area contributed by atoms with Crippen LogP contribution in [0.2, 0.25) is 0 Å². The molecule has 5 nitrogen and oxygen atoms in total. The molecule has 2 rings (SSSR count). The Morgan fingerprint density at radius 2 is 2.14 bits per heavy atom. The number of carbonyl (C=O) groups is 1. The molecule has 0 aliphatic carbocycles. The molecule has 1 heterocycles. The standard InChI is InChI=1S/C16H17NO4/c1-3-4-15(18)17-10-11(2)20-13-7-5-12-6-8-16(19)21-14(12)9-13/h3-9,11H,10H2,1-2H3,(H,17,18). The normalized spacial score (nSPS) is 12.5. The Morgan fingerprint density at radius 1 is 1.38 bits per heavy atom. The molecular formula is C16H17NO4. The van der Waals surface area contributed by atoms with Gasteiger partial charge in [-0.25, -0.2) is 4.79 Å². The maximum atomic E-state index is 11.3. The highest BCUT2D eigenvalue weighted by Crippen LogP contribution is 2.20. The fourth-order valence-electron chi connectivity index (χ4n) is 1.84. The zero-order valence-electron chi connectivity index (χ0n) is 12.0. The van der Waals surface area contributed by atoms with E-state index in [4.69, 9.17) is 9.15 Å². The monoisotopic (exact) mass is 287 g/mol. The van der Waals surface area contributed by atoms with Gasteiger partial charge in [0.05, 0.1) is 6.54 Å². The minimum Gasteiger partial charge on any atom is -0.489 e. The van der Waals surface area contributed by atoms with E-state index in [1.165, 1.54) is 12.1 Å². The molecule has 110 valence electrons. The molecule has 0 aliphatic rings. The Morgan fingerprint density at radius 3 is 2.90 bits per heavy atom. The molecule has 0 spiro atoms. The number of nitrogens with one attached hydrogen (secondary N) is 1. The number of benzene rings is 1. The van der Waals surface area contributed by atoms with E-state index in [2.05, 4.69) is 5.32 Å². The quantitative estimate of drug-likeness (QED) is 0.676. The fourth-order valence-corrected chi connectivity index (χ4v) is 1.84. The predicted molar refractivity (Wildman–Crippen MR) is 80.4 cm³/mol. The lowest BCUT2D eigenvalue weighted by atomic mass is 10.2. The second-order valence-corrected chi connectivity index (χ2v) is 4.63. The Kier molecular flexibility index (Phi) is 4.77. The van der Waals surface area contributed by atoms with Crippen LogP contribution >= 0.6 is 0 Å². The first-order valence-electron chi connectivity index (χ1n) is 6.69. The molecule has 1 N–H and O–H groups in total. The first-order valence-corrected chi connectivity index (χ1v) is 6.69. The molecule has 0 saturated heterocycles. The molecule has 1 amide bonds. The number of ether oxygens (including phenoxy) is 1. The van der Waals surface area contributed by atoms with Crippen LogP contribution in [-0.4, -0.2) is 18.6 Å². The van der Waals surface area contributed by atoms with Gasteiger partial charge in [0.1, 0.15) is 17.4 Å². The maximum absolute atomic E-state index is 11.3. The van der Waals surface area contributed by atoms with E-state index in [-0.39, 0.29) is 12.0 Å². The van der Waals surface area contributed by atoms with E-state index >= 15 is 0 Å². The van der Waals surface area contributed by atoms with Gasteiger partial charge < -0.3 is 14.5 Å².